The van der Waals surface area contributed by atoms with Gasteiger partial charge in [0.05, 0.1) is 21.7 Å². The normalized spacial score (nSPS) is 13.4. The van der Waals surface area contributed by atoms with E-state index >= 15 is 0 Å². The molecule has 0 fully saturated rings. The van der Waals surface area contributed by atoms with Crippen LogP contribution >= 0.6 is 0 Å². The fraction of sp³-hybridized carbons (Fsp3) is 0.300. The zero-order chi connectivity index (χ0) is 20.3. The third-order valence-electron chi connectivity index (χ3n) is 4.59. The van der Waals surface area contributed by atoms with Crippen LogP contribution in [0.1, 0.15) is 12.2 Å². The number of benzene rings is 2. The Labute approximate surface area is 168 Å². The number of ether oxygens (including phenoxy) is 2. The van der Waals surface area contributed by atoms with E-state index in [-0.39, 0.29) is 23.0 Å². The van der Waals surface area contributed by atoms with Crippen molar-refractivity contribution < 1.29 is 22.7 Å². The van der Waals surface area contributed by atoms with Crippen molar-refractivity contribution in [2.75, 3.05) is 25.5 Å². The van der Waals surface area contributed by atoms with E-state index in [0.29, 0.717) is 37.7 Å². The predicted molar refractivity (Wildman–Crippen MR) is 107 cm³/mol. The molecule has 2 heterocycles. The molecule has 0 saturated carbocycles. The monoisotopic (exact) mass is 415 g/mol. The van der Waals surface area contributed by atoms with E-state index in [1.54, 1.807) is 6.07 Å². The van der Waals surface area contributed by atoms with Crippen LogP contribution in [0.2, 0.25) is 0 Å². The molecule has 9 heteroatoms. The minimum atomic E-state index is -3.60. The molecule has 0 bridgehead atoms. The number of carbonyl (C=O) groups excluding carboxylic acids is 1. The smallest absolute Gasteiger partial charge is 0.221 e. The van der Waals surface area contributed by atoms with E-state index in [1.807, 2.05) is 24.3 Å². The molecule has 0 radical (unpaired) electrons. The summed E-state index contributed by atoms with van der Waals surface area (Å²) in [5.74, 6) is 1.12. The van der Waals surface area contributed by atoms with Crippen molar-refractivity contribution in [2.45, 2.75) is 17.7 Å². The Kier molecular flexibility index (Phi) is 5.39. The van der Waals surface area contributed by atoms with E-state index in [1.165, 1.54) is 12.1 Å². The Morgan fingerprint density at radius 2 is 1.90 bits per heavy atom. The minimum absolute atomic E-state index is 0.114. The van der Waals surface area contributed by atoms with E-state index in [9.17, 15) is 13.2 Å². The van der Waals surface area contributed by atoms with Crippen LogP contribution in [0.5, 0.6) is 11.5 Å². The van der Waals surface area contributed by atoms with Crippen molar-refractivity contribution in [3.8, 4) is 11.5 Å². The van der Waals surface area contributed by atoms with Crippen LogP contribution in [-0.4, -0.2) is 49.8 Å². The van der Waals surface area contributed by atoms with E-state index in [2.05, 4.69) is 15.3 Å². The Morgan fingerprint density at radius 3 is 2.72 bits per heavy atom. The van der Waals surface area contributed by atoms with E-state index in [4.69, 9.17) is 9.47 Å². The summed E-state index contributed by atoms with van der Waals surface area (Å²) in [6, 6.07) is 12.2. The van der Waals surface area contributed by atoms with Gasteiger partial charge in [-0.05, 0) is 24.3 Å². The summed E-state index contributed by atoms with van der Waals surface area (Å²) in [6.45, 7) is 1.19. The zero-order valence-electron chi connectivity index (χ0n) is 15.7. The second-order valence-corrected chi connectivity index (χ2v) is 8.78. The molecule has 1 amide bonds. The lowest BCUT2D eigenvalue weighted by atomic mass is 10.3. The van der Waals surface area contributed by atoms with Gasteiger partial charge in [-0.15, -0.1) is 0 Å². The van der Waals surface area contributed by atoms with Crippen molar-refractivity contribution in [1.82, 2.24) is 15.3 Å². The van der Waals surface area contributed by atoms with Gasteiger partial charge in [0.2, 0.25) is 5.91 Å². The number of hydrogen-bond donors (Lipinski definition) is 2. The van der Waals surface area contributed by atoms with Crippen molar-refractivity contribution in [3.63, 3.8) is 0 Å². The van der Waals surface area contributed by atoms with Crippen molar-refractivity contribution in [3.05, 3.63) is 48.3 Å². The highest BCUT2D eigenvalue weighted by atomic mass is 32.2. The number of aromatic nitrogens is 2. The molecular formula is C20H21N3O5S. The number of imidazole rings is 1. The maximum Gasteiger partial charge on any atom is 0.221 e. The highest BCUT2D eigenvalue weighted by molar-refractivity contribution is 7.91. The van der Waals surface area contributed by atoms with Crippen LogP contribution in [0.15, 0.2) is 47.4 Å². The maximum absolute atomic E-state index is 12.5. The average molecular weight is 415 g/mol. The molecule has 1 aliphatic rings. The lowest BCUT2D eigenvalue weighted by molar-refractivity contribution is -0.120. The molecule has 0 aliphatic carbocycles. The number of nitrogens with one attached hydrogen (secondary N) is 2. The number of hydrogen-bond acceptors (Lipinski definition) is 6. The molecule has 1 aliphatic heterocycles. The molecule has 0 atom stereocenters. The second-order valence-electron chi connectivity index (χ2n) is 6.67. The Hall–Kier alpha value is -3.07. The van der Waals surface area contributed by atoms with Gasteiger partial charge in [-0.25, -0.2) is 13.4 Å². The predicted octanol–water partition coefficient (Wildman–Crippen LogP) is 1.86. The number of H-pyrrole nitrogens is 1. The standard InChI is InChI=1S/C20H21N3O5S/c24-20(21-9-7-19-22-15-3-1-2-4-16(15)23-19)8-12-29(25,26)14-5-6-17-18(13-14)28-11-10-27-17/h1-6,13H,7-12H2,(H,21,24)(H,22,23). The molecule has 4 rings (SSSR count). The number of carbonyl (C=O) groups is 1. The number of nitrogens with zero attached hydrogens (tertiary/aromatic N) is 1. The average Bonchev–Trinajstić information content (AvgIpc) is 3.15. The fourth-order valence-corrected chi connectivity index (χ4v) is 4.35. The van der Waals surface area contributed by atoms with Crippen LogP contribution in [0.4, 0.5) is 0 Å². The summed E-state index contributed by atoms with van der Waals surface area (Å²) in [5.41, 5.74) is 1.82. The highest BCUT2D eigenvalue weighted by Gasteiger charge is 2.20. The number of fused-ring (bicyclic) bond motifs is 2. The number of aromatic amines is 1. The maximum atomic E-state index is 12.5. The third-order valence-corrected chi connectivity index (χ3v) is 6.31. The molecule has 8 nitrogen and oxygen atoms in total. The van der Waals surface area contributed by atoms with Gasteiger partial charge in [0.15, 0.2) is 21.3 Å². The largest absolute Gasteiger partial charge is 0.486 e. The molecule has 3 aromatic rings. The van der Waals surface area contributed by atoms with Gasteiger partial charge >= 0.3 is 0 Å². The summed E-state index contributed by atoms with van der Waals surface area (Å²) in [6.07, 6.45) is 0.423. The molecule has 2 N–H and O–H groups in total. The van der Waals surface area contributed by atoms with Crippen molar-refractivity contribution >= 4 is 26.8 Å². The summed E-state index contributed by atoms with van der Waals surface area (Å²) < 4.78 is 35.9. The van der Waals surface area contributed by atoms with Gasteiger partial charge in [-0.3, -0.25) is 4.79 Å². The van der Waals surface area contributed by atoms with Gasteiger partial charge in [-0.1, -0.05) is 12.1 Å². The number of sulfone groups is 1. The molecule has 1 aromatic heterocycles. The van der Waals surface area contributed by atoms with Gasteiger partial charge in [-0.2, -0.15) is 0 Å². The molecule has 29 heavy (non-hydrogen) atoms. The summed E-state index contributed by atoms with van der Waals surface area (Å²) in [7, 11) is -3.60. The van der Waals surface area contributed by atoms with Gasteiger partial charge in [0, 0.05) is 25.5 Å². The van der Waals surface area contributed by atoms with Gasteiger partial charge in [0.25, 0.3) is 0 Å². The molecule has 0 spiro atoms. The number of para-hydroxylation sites is 2. The van der Waals surface area contributed by atoms with Crippen molar-refractivity contribution in [1.29, 1.82) is 0 Å². The summed E-state index contributed by atoms with van der Waals surface area (Å²) in [5, 5.41) is 2.74. The lowest BCUT2D eigenvalue weighted by Gasteiger charge is -2.18. The van der Waals surface area contributed by atoms with E-state index in [0.717, 1.165) is 16.9 Å². The second kappa shape index (κ2) is 8.12. The Morgan fingerprint density at radius 1 is 1.10 bits per heavy atom. The molecule has 0 unspecified atom stereocenters. The molecule has 152 valence electrons. The van der Waals surface area contributed by atoms with Crippen LogP contribution < -0.4 is 14.8 Å². The Balaban J connectivity index is 1.28. The Bertz CT molecular complexity index is 1110. The molecule has 2 aromatic carbocycles. The molecular weight excluding hydrogens is 394 g/mol. The van der Waals surface area contributed by atoms with Crippen molar-refractivity contribution in [2.24, 2.45) is 0 Å². The van der Waals surface area contributed by atoms with Gasteiger partial charge < -0.3 is 19.8 Å². The first kappa shape index (κ1) is 19.3. The van der Waals surface area contributed by atoms with Crippen LogP contribution in [0.3, 0.4) is 0 Å². The van der Waals surface area contributed by atoms with Crippen LogP contribution in [0, 0.1) is 0 Å². The first-order valence-corrected chi connectivity index (χ1v) is 11.0. The van der Waals surface area contributed by atoms with Crippen LogP contribution in [-0.2, 0) is 21.1 Å². The quantitative estimate of drug-likeness (QED) is 0.609. The van der Waals surface area contributed by atoms with Gasteiger partial charge in [0.1, 0.15) is 19.0 Å². The van der Waals surface area contributed by atoms with Crippen LogP contribution in [0.25, 0.3) is 11.0 Å². The topological polar surface area (TPSA) is 110 Å². The molecule has 0 saturated heterocycles. The highest BCUT2D eigenvalue weighted by Crippen LogP contribution is 2.32. The summed E-state index contributed by atoms with van der Waals surface area (Å²) >= 11 is 0. The lowest BCUT2D eigenvalue weighted by Crippen LogP contribution is -2.27. The fourth-order valence-electron chi connectivity index (χ4n) is 3.09. The minimum Gasteiger partial charge on any atom is -0.486 e. The third kappa shape index (κ3) is 4.51. The SMILES string of the molecule is O=C(CCS(=O)(=O)c1ccc2c(c1)OCCO2)NCCc1nc2ccccc2[nH]1. The number of amides is 1. The number of rotatable bonds is 7. The zero-order valence-corrected chi connectivity index (χ0v) is 16.5. The summed E-state index contributed by atoms with van der Waals surface area (Å²) in [4.78, 5) is 19.8. The van der Waals surface area contributed by atoms with E-state index < -0.39 is 9.84 Å². The first-order valence-electron chi connectivity index (χ1n) is 9.34. The first-order chi connectivity index (χ1) is 14.0.